The number of allylic oxidation sites excluding steroid dienone is 7. The molecule has 0 spiro atoms. The molecule has 0 saturated carbocycles. The van der Waals surface area contributed by atoms with Crippen molar-refractivity contribution in [1.29, 1.82) is 0 Å². The number of carbonyl (C=O) groups is 1. The smallest absolute Gasteiger partial charge is 0.303 e. The van der Waals surface area contributed by atoms with Crippen LogP contribution in [0.15, 0.2) is 94.4 Å². The average molecular weight is 685 g/mol. The molecule has 0 amide bonds. The number of unbranched alkanes of at least 4 members (excludes halogenated alkanes) is 2. The first-order valence-corrected chi connectivity index (χ1v) is 18.5. The fourth-order valence-electron chi connectivity index (χ4n) is 6.64. The predicted octanol–water partition coefficient (Wildman–Crippen LogP) is 6.66. The van der Waals surface area contributed by atoms with Crippen molar-refractivity contribution in [3.05, 3.63) is 95.8 Å². The molecular formula is C35H44N2O8S2. The summed E-state index contributed by atoms with van der Waals surface area (Å²) in [5.41, 5.74) is 3.40. The molecule has 0 aromatic heterocycles. The third-order valence-electron chi connectivity index (χ3n) is 9.11. The Morgan fingerprint density at radius 2 is 1.38 bits per heavy atom. The molecule has 1 atom stereocenters. The monoisotopic (exact) mass is 684 g/mol. The second-order valence-corrected chi connectivity index (χ2v) is 15.8. The molecule has 12 heteroatoms. The highest BCUT2D eigenvalue weighted by Crippen LogP contribution is 2.49. The normalized spacial score (nSPS) is 19.8. The molecule has 3 N–H and O–H groups in total. The highest BCUT2D eigenvalue weighted by Gasteiger charge is 2.43. The standard InChI is InChI=1S/C35H44N2O8S2/c1-6-36-29-20-18-25(46(40,41)42)23-27(29)34(2,3)31(36)15-11-8-7-9-12-16-32-35(4,5)28-24-26(47(43,44)45)19-21-30(28)37(32)22-14-10-13-17-33(38)39/h7-9,11-12,15-16,18-21,23-24,31H,6,10,13-14,17,22H2,1-5H3,(H,38,39)(H,40,41,42)(H,43,44,45). The average Bonchev–Trinajstić information content (AvgIpc) is 3.33. The van der Waals surface area contributed by atoms with Crippen LogP contribution in [0.25, 0.3) is 0 Å². The summed E-state index contributed by atoms with van der Waals surface area (Å²) >= 11 is 0. The van der Waals surface area contributed by atoms with Crippen LogP contribution in [0.2, 0.25) is 0 Å². The Kier molecular flexibility index (Phi) is 10.6. The lowest BCUT2D eigenvalue weighted by Crippen LogP contribution is -2.39. The van der Waals surface area contributed by atoms with Gasteiger partial charge in [0, 0.05) is 47.4 Å². The van der Waals surface area contributed by atoms with E-state index in [0.29, 0.717) is 19.5 Å². The first-order valence-electron chi connectivity index (χ1n) is 15.6. The maximum atomic E-state index is 11.9. The summed E-state index contributed by atoms with van der Waals surface area (Å²) in [7, 11) is -8.69. The molecular weight excluding hydrogens is 641 g/mol. The van der Waals surface area contributed by atoms with Crippen molar-refractivity contribution in [2.24, 2.45) is 0 Å². The molecule has 0 bridgehead atoms. The summed E-state index contributed by atoms with van der Waals surface area (Å²) in [6.07, 6.45) is 15.8. The third kappa shape index (κ3) is 7.72. The fraction of sp³-hybridized carbons (Fsp3) is 0.400. The largest absolute Gasteiger partial charge is 0.481 e. The first kappa shape index (κ1) is 36.1. The van der Waals surface area contributed by atoms with Gasteiger partial charge in [-0.3, -0.25) is 13.9 Å². The lowest BCUT2D eigenvalue weighted by molar-refractivity contribution is -0.137. The number of aliphatic carboxylic acids is 1. The summed E-state index contributed by atoms with van der Waals surface area (Å²) in [4.78, 5) is 15.0. The number of carboxylic acids is 1. The fourth-order valence-corrected chi connectivity index (χ4v) is 7.65. The van der Waals surface area contributed by atoms with E-state index in [1.807, 2.05) is 57.2 Å². The van der Waals surface area contributed by atoms with Gasteiger partial charge >= 0.3 is 5.97 Å². The van der Waals surface area contributed by atoms with Gasteiger partial charge in [-0.05, 0) is 73.4 Å². The van der Waals surface area contributed by atoms with Crippen molar-refractivity contribution in [2.45, 2.75) is 87.0 Å². The zero-order chi connectivity index (χ0) is 34.8. The number of benzene rings is 2. The second-order valence-electron chi connectivity index (χ2n) is 12.9. The SMILES string of the molecule is CCN1c2ccc(S(=O)(=O)O)cc2C(C)(C)C1C=CC=CC=CC=C1N(CCCCCC(=O)O)c2ccc(S(=O)(=O)O)cc2C1(C)C. The molecule has 10 nitrogen and oxygen atoms in total. The molecule has 2 heterocycles. The number of nitrogens with zero attached hydrogens (tertiary/aromatic N) is 2. The number of carboxylic acid groups (broad SMARTS) is 1. The van der Waals surface area contributed by atoms with E-state index in [1.54, 1.807) is 18.2 Å². The molecule has 2 aliphatic heterocycles. The van der Waals surface area contributed by atoms with Crippen molar-refractivity contribution >= 4 is 37.6 Å². The van der Waals surface area contributed by atoms with Gasteiger partial charge < -0.3 is 14.9 Å². The summed E-state index contributed by atoms with van der Waals surface area (Å²) in [5.74, 6) is -0.821. The van der Waals surface area contributed by atoms with Crippen LogP contribution in [0.1, 0.15) is 71.4 Å². The van der Waals surface area contributed by atoms with Crippen LogP contribution < -0.4 is 9.80 Å². The van der Waals surface area contributed by atoms with Crippen LogP contribution in [0.5, 0.6) is 0 Å². The topological polar surface area (TPSA) is 153 Å². The number of likely N-dealkylation sites (N-methyl/N-ethyl adjacent to an activating group) is 1. The Hall–Kier alpha value is -3.71. The first-order chi connectivity index (χ1) is 21.9. The van der Waals surface area contributed by atoms with Gasteiger partial charge in [-0.25, -0.2) is 0 Å². The van der Waals surface area contributed by atoms with Gasteiger partial charge in [-0.15, -0.1) is 0 Å². The van der Waals surface area contributed by atoms with Crippen LogP contribution in [0.4, 0.5) is 11.4 Å². The lowest BCUT2D eigenvalue weighted by Gasteiger charge is -2.31. The van der Waals surface area contributed by atoms with Crippen LogP contribution in [0, 0.1) is 0 Å². The van der Waals surface area contributed by atoms with E-state index in [9.17, 15) is 30.7 Å². The number of hydrogen-bond acceptors (Lipinski definition) is 7. The van der Waals surface area contributed by atoms with Gasteiger partial charge in [0.15, 0.2) is 0 Å². The number of rotatable bonds is 13. The summed E-state index contributed by atoms with van der Waals surface area (Å²) in [6, 6.07) is 9.31. The Labute approximate surface area is 278 Å². The molecule has 2 aliphatic rings. The summed E-state index contributed by atoms with van der Waals surface area (Å²) in [6.45, 7) is 11.5. The van der Waals surface area contributed by atoms with E-state index in [4.69, 9.17) is 5.11 Å². The zero-order valence-electron chi connectivity index (χ0n) is 27.4. The van der Waals surface area contributed by atoms with Crippen LogP contribution in [-0.4, -0.2) is 56.1 Å². The van der Waals surface area contributed by atoms with Crippen molar-refractivity contribution in [1.82, 2.24) is 0 Å². The molecule has 4 rings (SSSR count). The summed E-state index contributed by atoms with van der Waals surface area (Å²) < 4.78 is 66.5. The Morgan fingerprint density at radius 1 is 0.809 bits per heavy atom. The quantitative estimate of drug-likeness (QED) is 0.119. The number of anilines is 2. The van der Waals surface area contributed by atoms with E-state index in [2.05, 4.69) is 29.7 Å². The predicted molar refractivity (Wildman–Crippen MR) is 184 cm³/mol. The van der Waals surface area contributed by atoms with E-state index in [1.165, 1.54) is 18.2 Å². The molecule has 47 heavy (non-hydrogen) atoms. The molecule has 0 saturated heterocycles. The maximum Gasteiger partial charge on any atom is 0.303 e. The number of hydrogen-bond donors (Lipinski definition) is 3. The van der Waals surface area contributed by atoms with Crippen LogP contribution in [0.3, 0.4) is 0 Å². The lowest BCUT2D eigenvalue weighted by atomic mass is 9.80. The summed E-state index contributed by atoms with van der Waals surface area (Å²) in [5, 5.41) is 8.97. The minimum atomic E-state index is -4.37. The van der Waals surface area contributed by atoms with Gasteiger partial charge in [0.2, 0.25) is 0 Å². The Bertz CT molecular complexity index is 1860. The molecule has 0 radical (unpaired) electrons. The van der Waals surface area contributed by atoms with Crippen LogP contribution >= 0.6 is 0 Å². The molecule has 2 aromatic rings. The minimum Gasteiger partial charge on any atom is -0.481 e. The van der Waals surface area contributed by atoms with Gasteiger partial charge in [-0.2, -0.15) is 16.8 Å². The molecule has 254 valence electrons. The van der Waals surface area contributed by atoms with E-state index < -0.39 is 37.0 Å². The van der Waals surface area contributed by atoms with Gasteiger partial charge in [0.05, 0.1) is 15.8 Å². The molecule has 2 aromatic carbocycles. The Balaban J connectivity index is 1.53. The van der Waals surface area contributed by atoms with Gasteiger partial charge in [0.1, 0.15) is 0 Å². The number of fused-ring (bicyclic) bond motifs is 2. The van der Waals surface area contributed by atoms with Crippen molar-refractivity contribution in [3.8, 4) is 0 Å². The maximum absolute atomic E-state index is 11.9. The second kappa shape index (κ2) is 13.8. The van der Waals surface area contributed by atoms with Gasteiger partial charge in [0.25, 0.3) is 20.2 Å². The van der Waals surface area contributed by atoms with Crippen molar-refractivity contribution < 1.29 is 35.8 Å². The zero-order valence-corrected chi connectivity index (χ0v) is 29.1. The highest BCUT2D eigenvalue weighted by molar-refractivity contribution is 7.86. The minimum absolute atomic E-state index is 0.0376. The van der Waals surface area contributed by atoms with Gasteiger partial charge in [-0.1, -0.05) is 70.6 Å². The van der Waals surface area contributed by atoms with Crippen molar-refractivity contribution in [2.75, 3.05) is 22.9 Å². The van der Waals surface area contributed by atoms with E-state index >= 15 is 0 Å². The van der Waals surface area contributed by atoms with E-state index in [-0.39, 0.29) is 22.3 Å². The van der Waals surface area contributed by atoms with Crippen LogP contribution in [-0.2, 0) is 35.9 Å². The Morgan fingerprint density at radius 3 is 1.98 bits per heavy atom. The molecule has 0 fully saturated rings. The third-order valence-corrected chi connectivity index (χ3v) is 10.8. The van der Waals surface area contributed by atoms with E-state index in [0.717, 1.165) is 41.0 Å². The highest BCUT2D eigenvalue weighted by atomic mass is 32.2. The van der Waals surface area contributed by atoms with Crippen molar-refractivity contribution in [3.63, 3.8) is 0 Å². The molecule has 0 aliphatic carbocycles. The molecule has 1 unspecified atom stereocenters.